The van der Waals surface area contributed by atoms with Crippen LogP contribution in [0.3, 0.4) is 0 Å². The topological polar surface area (TPSA) is 34.1 Å². The van der Waals surface area contributed by atoms with Crippen LogP contribution in [-0.4, -0.2) is 8.42 Å². The van der Waals surface area contributed by atoms with Gasteiger partial charge in [-0.15, -0.1) is 0 Å². The fraction of sp³-hybridized carbons (Fsp3) is 0.455. The van der Waals surface area contributed by atoms with E-state index in [2.05, 4.69) is 6.92 Å². The number of rotatable bonds is 1. The van der Waals surface area contributed by atoms with E-state index in [1.807, 2.05) is 6.07 Å². The lowest BCUT2D eigenvalue weighted by atomic mass is 9.84. The molecule has 0 radical (unpaired) electrons. The van der Waals surface area contributed by atoms with Gasteiger partial charge in [-0.05, 0) is 48.4 Å². The Morgan fingerprint density at radius 2 is 2.13 bits per heavy atom. The van der Waals surface area contributed by atoms with Gasteiger partial charge in [-0.25, -0.2) is 8.42 Å². The van der Waals surface area contributed by atoms with E-state index in [1.54, 1.807) is 12.1 Å². The molecule has 0 saturated heterocycles. The summed E-state index contributed by atoms with van der Waals surface area (Å²) in [5.74, 6) is 0.529. The molecule has 0 N–H and O–H groups in total. The van der Waals surface area contributed by atoms with Crippen molar-refractivity contribution in [3.8, 4) is 0 Å². The van der Waals surface area contributed by atoms with Gasteiger partial charge in [0.25, 0.3) is 9.05 Å². The van der Waals surface area contributed by atoms with Crippen molar-refractivity contribution in [2.75, 3.05) is 0 Å². The quantitative estimate of drug-likeness (QED) is 0.712. The summed E-state index contributed by atoms with van der Waals surface area (Å²) < 4.78 is 22.3. The Labute approximate surface area is 94.7 Å². The molecule has 82 valence electrons. The highest BCUT2D eigenvalue weighted by Gasteiger charge is 2.19. The first-order valence-electron chi connectivity index (χ1n) is 5.06. The van der Waals surface area contributed by atoms with Gasteiger partial charge < -0.3 is 0 Å². The minimum absolute atomic E-state index is 0.219. The SMILES string of the molecule is CC1CCCc2cc(S(=O)(=O)Cl)ccc21. The highest BCUT2D eigenvalue weighted by Crippen LogP contribution is 2.32. The molecule has 1 atom stereocenters. The third-order valence-electron chi connectivity index (χ3n) is 3.01. The maximum Gasteiger partial charge on any atom is 0.261 e. The molecule has 0 fully saturated rings. The molecule has 1 aromatic carbocycles. The summed E-state index contributed by atoms with van der Waals surface area (Å²) in [6.07, 6.45) is 3.26. The Kier molecular flexibility index (Phi) is 2.77. The molecule has 2 rings (SSSR count). The second-order valence-corrected chi connectivity index (χ2v) is 6.66. The number of aryl methyl sites for hydroxylation is 1. The minimum atomic E-state index is -3.58. The second kappa shape index (κ2) is 3.80. The summed E-state index contributed by atoms with van der Waals surface area (Å²) in [5, 5.41) is 0. The number of benzene rings is 1. The van der Waals surface area contributed by atoms with Crippen molar-refractivity contribution in [3.63, 3.8) is 0 Å². The van der Waals surface area contributed by atoms with Gasteiger partial charge in [0.15, 0.2) is 0 Å². The molecule has 0 heterocycles. The van der Waals surface area contributed by atoms with Gasteiger partial charge >= 0.3 is 0 Å². The summed E-state index contributed by atoms with van der Waals surface area (Å²) in [7, 11) is 1.73. The molecular weight excluding hydrogens is 232 g/mol. The lowest BCUT2D eigenvalue weighted by molar-refractivity contribution is 0.586. The smallest absolute Gasteiger partial charge is 0.207 e. The van der Waals surface area contributed by atoms with E-state index in [1.165, 1.54) is 12.0 Å². The molecule has 1 aliphatic rings. The van der Waals surface area contributed by atoms with Crippen molar-refractivity contribution >= 4 is 19.7 Å². The Morgan fingerprint density at radius 1 is 1.40 bits per heavy atom. The Hall–Kier alpha value is -0.540. The molecule has 1 aromatic rings. The molecule has 2 nitrogen and oxygen atoms in total. The van der Waals surface area contributed by atoms with Gasteiger partial charge in [0, 0.05) is 10.7 Å². The predicted molar refractivity (Wildman–Crippen MR) is 60.8 cm³/mol. The molecule has 4 heteroatoms. The summed E-state index contributed by atoms with van der Waals surface area (Å²) in [4.78, 5) is 0.219. The van der Waals surface area contributed by atoms with Crippen LogP contribution in [0.2, 0.25) is 0 Å². The molecule has 0 saturated carbocycles. The van der Waals surface area contributed by atoms with Crippen molar-refractivity contribution in [2.24, 2.45) is 0 Å². The molecule has 0 aromatic heterocycles. The van der Waals surface area contributed by atoms with E-state index in [4.69, 9.17) is 10.7 Å². The first kappa shape index (κ1) is 11.0. The summed E-state index contributed by atoms with van der Waals surface area (Å²) in [6.45, 7) is 2.17. The Morgan fingerprint density at radius 3 is 2.80 bits per heavy atom. The van der Waals surface area contributed by atoms with Gasteiger partial charge in [-0.3, -0.25) is 0 Å². The maximum atomic E-state index is 11.2. The fourth-order valence-corrected chi connectivity index (χ4v) is 2.99. The molecule has 0 amide bonds. The van der Waals surface area contributed by atoms with Crippen LogP contribution in [0, 0.1) is 0 Å². The summed E-state index contributed by atoms with van der Waals surface area (Å²) >= 11 is 0. The predicted octanol–water partition coefficient (Wildman–Crippen LogP) is 3.05. The van der Waals surface area contributed by atoms with Crippen LogP contribution in [0.4, 0.5) is 0 Å². The van der Waals surface area contributed by atoms with Crippen molar-refractivity contribution in [1.29, 1.82) is 0 Å². The molecule has 1 aliphatic carbocycles. The number of hydrogen-bond donors (Lipinski definition) is 0. The van der Waals surface area contributed by atoms with Gasteiger partial charge in [-0.2, -0.15) is 0 Å². The van der Waals surface area contributed by atoms with Crippen molar-refractivity contribution in [1.82, 2.24) is 0 Å². The lowest BCUT2D eigenvalue weighted by Crippen LogP contribution is -2.07. The third-order valence-corrected chi connectivity index (χ3v) is 4.36. The van der Waals surface area contributed by atoms with Crippen molar-refractivity contribution < 1.29 is 8.42 Å². The van der Waals surface area contributed by atoms with Crippen LogP contribution in [0.1, 0.15) is 36.8 Å². The summed E-state index contributed by atoms with van der Waals surface area (Å²) in [5.41, 5.74) is 2.40. The second-order valence-electron chi connectivity index (χ2n) is 4.09. The number of fused-ring (bicyclic) bond motifs is 1. The minimum Gasteiger partial charge on any atom is -0.207 e. The maximum absolute atomic E-state index is 11.2. The fourth-order valence-electron chi connectivity index (χ4n) is 2.19. The monoisotopic (exact) mass is 244 g/mol. The molecule has 15 heavy (non-hydrogen) atoms. The molecular formula is C11H13ClO2S. The molecule has 1 unspecified atom stereocenters. The molecule has 0 spiro atoms. The number of hydrogen-bond acceptors (Lipinski definition) is 2. The van der Waals surface area contributed by atoms with E-state index in [0.717, 1.165) is 18.4 Å². The van der Waals surface area contributed by atoms with Crippen LogP contribution < -0.4 is 0 Å². The van der Waals surface area contributed by atoms with E-state index >= 15 is 0 Å². The van der Waals surface area contributed by atoms with Crippen LogP contribution in [0.25, 0.3) is 0 Å². The third kappa shape index (κ3) is 2.18. The first-order chi connectivity index (χ1) is 6.98. The molecule has 0 bridgehead atoms. The van der Waals surface area contributed by atoms with Gasteiger partial charge in [-0.1, -0.05) is 13.0 Å². The zero-order valence-corrected chi connectivity index (χ0v) is 10.1. The van der Waals surface area contributed by atoms with Crippen LogP contribution in [0.5, 0.6) is 0 Å². The van der Waals surface area contributed by atoms with E-state index in [0.29, 0.717) is 5.92 Å². The average Bonchev–Trinajstić information content (AvgIpc) is 2.16. The summed E-state index contributed by atoms with van der Waals surface area (Å²) in [6, 6.07) is 5.21. The molecule has 0 aliphatic heterocycles. The van der Waals surface area contributed by atoms with Crippen LogP contribution >= 0.6 is 10.7 Å². The average molecular weight is 245 g/mol. The largest absolute Gasteiger partial charge is 0.261 e. The van der Waals surface area contributed by atoms with Gasteiger partial charge in [0.2, 0.25) is 0 Å². The van der Waals surface area contributed by atoms with Crippen LogP contribution in [0.15, 0.2) is 23.1 Å². The zero-order valence-electron chi connectivity index (χ0n) is 8.53. The lowest BCUT2D eigenvalue weighted by Gasteiger charge is -2.22. The highest BCUT2D eigenvalue weighted by atomic mass is 35.7. The van der Waals surface area contributed by atoms with Crippen molar-refractivity contribution in [2.45, 2.75) is 37.0 Å². The number of halogens is 1. The van der Waals surface area contributed by atoms with E-state index < -0.39 is 9.05 Å². The van der Waals surface area contributed by atoms with Crippen molar-refractivity contribution in [3.05, 3.63) is 29.3 Å². The van der Waals surface area contributed by atoms with Gasteiger partial charge in [0.05, 0.1) is 4.90 Å². The van der Waals surface area contributed by atoms with E-state index in [9.17, 15) is 8.42 Å². The van der Waals surface area contributed by atoms with E-state index in [-0.39, 0.29) is 4.90 Å². The first-order valence-corrected chi connectivity index (χ1v) is 7.37. The van der Waals surface area contributed by atoms with Gasteiger partial charge in [0.1, 0.15) is 0 Å². The normalized spacial score (nSPS) is 21.1. The Bertz CT molecular complexity index is 479. The highest BCUT2D eigenvalue weighted by molar-refractivity contribution is 8.13. The van der Waals surface area contributed by atoms with Crippen LogP contribution in [-0.2, 0) is 15.5 Å². The Balaban J connectivity index is 2.51. The zero-order chi connectivity index (χ0) is 11.1. The standard InChI is InChI=1S/C11H13ClO2S/c1-8-3-2-4-9-7-10(15(12,13)14)5-6-11(8)9/h5-8H,2-4H2,1H3.